The van der Waals surface area contributed by atoms with Crippen LogP contribution in [0.2, 0.25) is 0 Å². The zero-order valence-electron chi connectivity index (χ0n) is 14.2. The molecule has 2 rings (SSSR count). The first-order valence-electron chi connectivity index (χ1n) is 8.31. The van der Waals surface area contributed by atoms with Gasteiger partial charge >= 0.3 is 0 Å². The number of hydrogen-bond acceptors (Lipinski definition) is 5. The van der Waals surface area contributed by atoms with E-state index in [9.17, 15) is 9.59 Å². The first-order chi connectivity index (χ1) is 11.0. The van der Waals surface area contributed by atoms with Gasteiger partial charge in [0.2, 0.25) is 5.91 Å². The Labute approximate surface area is 141 Å². The second kappa shape index (κ2) is 8.49. The molecule has 0 unspecified atom stereocenters. The highest BCUT2D eigenvalue weighted by Crippen LogP contribution is 2.21. The number of piperazine rings is 1. The molecular formula is C16H26N4O2S. The lowest BCUT2D eigenvalue weighted by molar-refractivity contribution is -0.132. The second-order valence-electron chi connectivity index (χ2n) is 5.81. The fourth-order valence-corrected chi connectivity index (χ4v) is 3.60. The lowest BCUT2D eigenvalue weighted by atomic mass is 10.2. The minimum atomic E-state index is -0.247. The minimum absolute atomic E-state index is 0.120. The van der Waals surface area contributed by atoms with Crippen molar-refractivity contribution in [2.24, 2.45) is 0 Å². The monoisotopic (exact) mass is 338 g/mol. The quantitative estimate of drug-likeness (QED) is 0.627. The molecule has 0 aliphatic carbocycles. The Kier molecular flexibility index (Phi) is 6.65. The van der Waals surface area contributed by atoms with Crippen molar-refractivity contribution in [3.63, 3.8) is 0 Å². The Morgan fingerprint density at radius 2 is 2.04 bits per heavy atom. The summed E-state index contributed by atoms with van der Waals surface area (Å²) in [6.45, 7) is 10.5. The molecule has 23 heavy (non-hydrogen) atoms. The molecule has 6 nitrogen and oxygen atoms in total. The van der Waals surface area contributed by atoms with E-state index in [0.29, 0.717) is 5.16 Å². The molecule has 1 aromatic heterocycles. The summed E-state index contributed by atoms with van der Waals surface area (Å²) >= 11 is 1.33. The van der Waals surface area contributed by atoms with Crippen LogP contribution in [0.1, 0.15) is 32.9 Å². The molecule has 0 saturated carbocycles. The van der Waals surface area contributed by atoms with Gasteiger partial charge in [0.25, 0.3) is 5.56 Å². The Morgan fingerprint density at radius 3 is 2.65 bits per heavy atom. The van der Waals surface area contributed by atoms with E-state index in [0.717, 1.165) is 51.3 Å². The van der Waals surface area contributed by atoms with Gasteiger partial charge in [-0.25, -0.2) is 4.98 Å². The number of nitrogens with zero attached hydrogens (tertiary/aromatic N) is 3. The molecule has 0 aromatic carbocycles. The highest BCUT2D eigenvalue weighted by molar-refractivity contribution is 8.00. The number of nitrogens with one attached hydrogen (secondary N) is 1. The van der Waals surface area contributed by atoms with Crippen molar-refractivity contribution >= 4 is 17.7 Å². The van der Waals surface area contributed by atoms with E-state index >= 15 is 0 Å². The van der Waals surface area contributed by atoms with Crippen LogP contribution in [-0.4, -0.2) is 63.6 Å². The lowest BCUT2D eigenvalue weighted by Crippen LogP contribution is -2.50. The van der Waals surface area contributed by atoms with Gasteiger partial charge in [0, 0.05) is 37.9 Å². The van der Waals surface area contributed by atoms with Crippen molar-refractivity contribution in [1.82, 2.24) is 19.8 Å². The van der Waals surface area contributed by atoms with Crippen molar-refractivity contribution in [3.05, 3.63) is 22.1 Å². The van der Waals surface area contributed by atoms with Gasteiger partial charge in [0.1, 0.15) is 0 Å². The number of carbonyl (C=O) groups is 1. The number of aromatic nitrogens is 2. The zero-order valence-corrected chi connectivity index (χ0v) is 15.0. The molecule has 1 N–H and O–H groups in total. The number of amides is 1. The maximum absolute atomic E-state index is 12.6. The Morgan fingerprint density at radius 1 is 1.35 bits per heavy atom. The fourth-order valence-electron chi connectivity index (χ4n) is 2.68. The van der Waals surface area contributed by atoms with E-state index in [2.05, 4.69) is 28.7 Å². The third kappa shape index (κ3) is 5.07. The van der Waals surface area contributed by atoms with Gasteiger partial charge in [-0.05, 0) is 19.9 Å². The normalized spacial score (nSPS) is 17.3. The summed E-state index contributed by atoms with van der Waals surface area (Å²) in [5, 5.41) is 0.289. The van der Waals surface area contributed by atoms with Crippen molar-refractivity contribution in [3.8, 4) is 0 Å². The van der Waals surface area contributed by atoms with Gasteiger partial charge in [-0.3, -0.25) is 9.59 Å². The van der Waals surface area contributed by atoms with Crippen LogP contribution in [0.3, 0.4) is 0 Å². The van der Waals surface area contributed by atoms with E-state index in [-0.39, 0.29) is 16.7 Å². The molecular weight excluding hydrogens is 312 g/mol. The molecule has 1 aliphatic heterocycles. The van der Waals surface area contributed by atoms with Gasteiger partial charge in [-0.2, -0.15) is 0 Å². The molecule has 128 valence electrons. The number of aryl methyl sites for hydroxylation is 1. The molecule has 1 atom stereocenters. The van der Waals surface area contributed by atoms with Crippen LogP contribution in [0, 0.1) is 0 Å². The lowest BCUT2D eigenvalue weighted by Gasteiger charge is -2.35. The molecule has 0 bridgehead atoms. The molecule has 1 fully saturated rings. The number of rotatable bonds is 6. The number of carbonyl (C=O) groups excluding carboxylic acids is 1. The number of hydrogen-bond donors (Lipinski definition) is 1. The highest BCUT2D eigenvalue weighted by atomic mass is 32.2. The molecule has 1 saturated heterocycles. The predicted molar refractivity (Wildman–Crippen MR) is 92.9 cm³/mol. The van der Waals surface area contributed by atoms with Gasteiger partial charge in [0.05, 0.1) is 5.25 Å². The molecule has 0 spiro atoms. The van der Waals surface area contributed by atoms with Crippen LogP contribution < -0.4 is 5.56 Å². The van der Waals surface area contributed by atoms with Crippen LogP contribution in [0.4, 0.5) is 0 Å². The summed E-state index contributed by atoms with van der Waals surface area (Å²) in [5.41, 5.74) is 0.636. The maximum Gasteiger partial charge on any atom is 0.251 e. The largest absolute Gasteiger partial charge is 0.339 e. The fraction of sp³-hybridized carbons (Fsp3) is 0.688. The molecule has 2 heterocycles. The van der Waals surface area contributed by atoms with E-state index < -0.39 is 0 Å². The number of thioether (sulfide) groups is 1. The van der Waals surface area contributed by atoms with Gasteiger partial charge in [-0.1, -0.05) is 32.0 Å². The molecule has 1 amide bonds. The van der Waals surface area contributed by atoms with Crippen molar-refractivity contribution in [2.45, 2.75) is 44.0 Å². The molecule has 7 heteroatoms. The highest BCUT2D eigenvalue weighted by Gasteiger charge is 2.25. The summed E-state index contributed by atoms with van der Waals surface area (Å²) in [5.74, 6) is 0.120. The molecule has 0 radical (unpaired) electrons. The third-order valence-corrected chi connectivity index (χ3v) is 5.02. The van der Waals surface area contributed by atoms with E-state index in [1.807, 2.05) is 11.8 Å². The standard InChI is InChI=1S/C16H26N4O2S/c1-4-6-13-11-14(21)18-16(17-13)23-12(3)15(22)20-9-7-19(5-2)8-10-20/h11-12H,4-10H2,1-3H3,(H,17,18,21)/t12-/m0/s1. The average Bonchev–Trinajstić information content (AvgIpc) is 2.54. The van der Waals surface area contributed by atoms with Crippen LogP contribution in [-0.2, 0) is 11.2 Å². The smallest absolute Gasteiger partial charge is 0.251 e. The average molecular weight is 338 g/mol. The summed E-state index contributed by atoms with van der Waals surface area (Å²) < 4.78 is 0. The minimum Gasteiger partial charge on any atom is -0.339 e. The number of likely N-dealkylation sites (N-methyl/N-ethyl adjacent to an activating group) is 1. The Bertz CT molecular complexity index is 582. The van der Waals surface area contributed by atoms with Crippen molar-refractivity contribution < 1.29 is 4.79 Å². The first kappa shape index (κ1) is 18.0. The van der Waals surface area contributed by atoms with Gasteiger partial charge in [-0.15, -0.1) is 0 Å². The van der Waals surface area contributed by atoms with Gasteiger partial charge in [0.15, 0.2) is 5.16 Å². The summed E-state index contributed by atoms with van der Waals surface area (Å²) in [6, 6.07) is 1.53. The maximum atomic E-state index is 12.6. The molecule has 1 aromatic rings. The van der Waals surface area contributed by atoms with Crippen molar-refractivity contribution in [2.75, 3.05) is 32.7 Å². The first-order valence-corrected chi connectivity index (χ1v) is 9.19. The van der Waals surface area contributed by atoms with Crippen LogP contribution in [0.25, 0.3) is 0 Å². The van der Waals surface area contributed by atoms with E-state index in [1.54, 1.807) is 0 Å². The Balaban J connectivity index is 1.97. The van der Waals surface area contributed by atoms with Crippen molar-refractivity contribution in [1.29, 1.82) is 0 Å². The SMILES string of the molecule is CCCc1cc(=O)[nH]c(S[C@@H](C)C(=O)N2CCN(CC)CC2)n1. The van der Waals surface area contributed by atoms with E-state index in [1.165, 1.54) is 17.8 Å². The predicted octanol–water partition coefficient (Wildman–Crippen LogP) is 1.37. The summed E-state index contributed by atoms with van der Waals surface area (Å²) in [6.07, 6.45) is 1.72. The number of H-pyrrole nitrogens is 1. The number of aromatic amines is 1. The van der Waals surface area contributed by atoms with Crippen LogP contribution >= 0.6 is 11.8 Å². The molecule has 1 aliphatic rings. The second-order valence-corrected chi connectivity index (χ2v) is 7.14. The summed E-state index contributed by atoms with van der Waals surface area (Å²) in [4.78, 5) is 35.7. The van der Waals surface area contributed by atoms with Gasteiger partial charge < -0.3 is 14.8 Å². The van der Waals surface area contributed by atoms with Crippen LogP contribution in [0.15, 0.2) is 16.0 Å². The topological polar surface area (TPSA) is 69.3 Å². The Hall–Kier alpha value is -1.34. The third-order valence-electron chi connectivity index (χ3n) is 4.05. The van der Waals surface area contributed by atoms with Crippen LogP contribution in [0.5, 0.6) is 0 Å². The zero-order chi connectivity index (χ0) is 16.8. The summed E-state index contributed by atoms with van der Waals surface area (Å²) in [7, 11) is 0. The van der Waals surface area contributed by atoms with E-state index in [4.69, 9.17) is 0 Å².